The average molecular weight is 520 g/mol. The molecule has 0 aliphatic rings. The SMILES string of the molecule is CC[C@H](C)NC(=O)[C@@H](C)N(Cc1ccc(Cl)cc1Cl)C(=O)CSCc1c(F)cccc1Cl. The molecule has 0 saturated heterocycles. The second-order valence-electron chi connectivity index (χ2n) is 7.44. The van der Waals surface area contributed by atoms with Crippen LogP contribution in [0.25, 0.3) is 0 Å². The first-order valence-corrected chi connectivity index (χ1v) is 12.5. The van der Waals surface area contributed by atoms with E-state index in [-0.39, 0.29) is 35.9 Å². The van der Waals surface area contributed by atoms with E-state index in [9.17, 15) is 14.0 Å². The van der Waals surface area contributed by atoms with E-state index in [2.05, 4.69) is 5.32 Å². The van der Waals surface area contributed by atoms with E-state index in [1.54, 1.807) is 31.2 Å². The van der Waals surface area contributed by atoms with Gasteiger partial charge in [-0.05, 0) is 50.1 Å². The standard InChI is InChI=1S/C23H26Cl3FN2O2S/c1-4-14(2)28-23(31)15(3)29(11-16-8-9-17(24)10-20(16)26)22(30)13-32-12-18-19(25)6-5-7-21(18)27/h5-10,14-15H,4,11-13H2,1-3H3,(H,28,31)/t14-,15+/m0/s1. The van der Waals surface area contributed by atoms with Gasteiger partial charge in [-0.2, -0.15) is 0 Å². The van der Waals surface area contributed by atoms with Gasteiger partial charge >= 0.3 is 0 Å². The Morgan fingerprint density at radius 3 is 2.47 bits per heavy atom. The average Bonchev–Trinajstić information content (AvgIpc) is 2.74. The van der Waals surface area contributed by atoms with Crippen LogP contribution in [0.5, 0.6) is 0 Å². The van der Waals surface area contributed by atoms with Gasteiger partial charge in [0.25, 0.3) is 0 Å². The van der Waals surface area contributed by atoms with E-state index < -0.39 is 11.9 Å². The van der Waals surface area contributed by atoms with Crippen LogP contribution in [0.4, 0.5) is 4.39 Å². The summed E-state index contributed by atoms with van der Waals surface area (Å²) < 4.78 is 14.0. The summed E-state index contributed by atoms with van der Waals surface area (Å²) in [5, 5.41) is 4.12. The van der Waals surface area contributed by atoms with Crippen LogP contribution in [-0.2, 0) is 21.9 Å². The number of nitrogens with zero attached hydrogens (tertiary/aromatic N) is 1. The molecule has 1 N–H and O–H groups in total. The molecule has 0 heterocycles. The maximum Gasteiger partial charge on any atom is 0.242 e. The molecule has 0 radical (unpaired) electrons. The zero-order valence-corrected chi connectivity index (χ0v) is 21.2. The minimum Gasteiger partial charge on any atom is -0.352 e. The molecule has 2 aromatic carbocycles. The molecule has 0 aromatic heterocycles. The van der Waals surface area contributed by atoms with Crippen molar-refractivity contribution in [3.8, 4) is 0 Å². The fourth-order valence-corrected chi connectivity index (χ4v) is 4.59. The third-order valence-corrected chi connectivity index (χ3v) is 6.94. The van der Waals surface area contributed by atoms with E-state index >= 15 is 0 Å². The van der Waals surface area contributed by atoms with E-state index in [0.717, 1.165) is 6.42 Å². The van der Waals surface area contributed by atoms with Gasteiger partial charge in [0, 0.05) is 39.0 Å². The summed E-state index contributed by atoms with van der Waals surface area (Å²) in [6.07, 6.45) is 0.772. The van der Waals surface area contributed by atoms with Crippen molar-refractivity contribution in [3.63, 3.8) is 0 Å². The number of hydrogen-bond donors (Lipinski definition) is 1. The van der Waals surface area contributed by atoms with Crippen molar-refractivity contribution in [2.45, 2.75) is 51.6 Å². The lowest BCUT2D eigenvalue weighted by molar-refractivity contribution is -0.138. The number of thioether (sulfide) groups is 1. The molecule has 0 unspecified atom stereocenters. The minimum atomic E-state index is -0.721. The number of benzene rings is 2. The lowest BCUT2D eigenvalue weighted by Crippen LogP contribution is -2.50. The Labute approximate surface area is 207 Å². The number of hydrogen-bond acceptors (Lipinski definition) is 3. The van der Waals surface area contributed by atoms with E-state index in [0.29, 0.717) is 26.2 Å². The number of carbonyl (C=O) groups is 2. The van der Waals surface area contributed by atoms with Gasteiger partial charge in [-0.15, -0.1) is 11.8 Å². The summed E-state index contributed by atoms with van der Waals surface area (Å²) in [4.78, 5) is 27.3. The first-order valence-electron chi connectivity index (χ1n) is 10.2. The molecule has 0 aliphatic heterocycles. The maximum atomic E-state index is 14.0. The largest absolute Gasteiger partial charge is 0.352 e. The second-order valence-corrected chi connectivity index (χ2v) is 9.68. The topological polar surface area (TPSA) is 49.4 Å². The van der Waals surface area contributed by atoms with Crippen molar-refractivity contribution < 1.29 is 14.0 Å². The highest BCUT2D eigenvalue weighted by molar-refractivity contribution is 7.99. The molecule has 0 saturated carbocycles. The fourth-order valence-electron chi connectivity index (χ4n) is 2.88. The Morgan fingerprint density at radius 2 is 1.84 bits per heavy atom. The van der Waals surface area contributed by atoms with Gasteiger partial charge in [-0.1, -0.05) is 53.9 Å². The van der Waals surface area contributed by atoms with Gasteiger partial charge in [-0.3, -0.25) is 9.59 Å². The molecule has 0 fully saturated rings. The van der Waals surface area contributed by atoms with Gasteiger partial charge in [0.1, 0.15) is 11.9 Å². The maximum absolute atomic E-state index is 14.0. The zero-order valence-electron chi connectivity index (χ0n) is 18.1. The molecule has 2 aromatic rings. The number of rotatable bonds is 10. The first kappa shape index (κ1) is 26.8. The van der Waals surface area contributed by atoms with Crippen molar-refractivity contribution in [1.29, 1.82) is 0 Å². The number of carbonyl (C=O) groups excluding carboxylic acids is 2. The number of halogens is 4. The minimum absolute atomic E-state index is 0.0152. The molecule has 2 atom stereocenters. The molecule has 9 heteroatoms. The molecule has 0 spiro atoms. The summed E-state index contributed by atoms with van der Waals surface area (Å²) in [5.74, 6) is -0.638. The fraction of sp³-hybridized carbons (Fsp3) is 0.391. The Bertz CT molecular complexity index is 941. The Balaban J connectivity index is 2.16. The van der Waals surface area contributed by atoms with Crippen molar-refractivity contribution in [1.82, 2.24) is 10.2 Å². The van der Waals surface area contributed by atoms with Crippen molar-refractivity contribution in [3.05, 3.63) is 68.4 Å². The van der Waals surface area contributed by atoms with Crippen LogP contribution in [0.2, 0.25) is 15.1 Å². The third kappa shape index (κ3) is 7.55. The summed E-state index contributed by atoms with van der Waals surface area (Å²) in [5.41, 5.74) is 1.02. The van der Waals surface area contributed by atoms with Crippen molar-refractivity contribution >= 4 is 58.4 Å². The Morgan fingerprint density at radius 1 is 1.12 bits per heavy atom. The molecule has 0 aliphatic carbocycles. The highest BCUT2D eigenvalue weighted by Gasteiger charge is 2.27. The Hall–Kier alpha value is -1.47. The van der Waals surface area contributed by atoms with Gasteiger partial charge in [0.15, 0.2) is 0 Å². The molecule has 174 valence electrons. The summed E-state index contributed by atoms with van der Waals surface area (Å²) in [6.45, 7) is 5.69. The monoisotopic (exact) mass is 518 g/mol. The highest BCUT2D eigenvalue weighted by atomic mass is 35.5. The van der Waals surface area contributed by atoms with E-state index in [1.165, 1.54) is 28.8 Å². The van der Waals surface area contributed by atoms with Gasteiger partial charge in [0.05, 0.1) is 5.75 Å². The van der Waals surface area contributed by atoms with Crippen molar-refractivity contribution in [2.75, 3.05) is 5.75 Å². The molecule has 0 bridgehead atoms. The van der Waals surface area contributed by atoms with Crippen LogP contribution in [0, 0.1) is 5.82 Å². The molecular weight excluding hydrogens is 494 g/mol. The Kier molecular flexibility index (Phi) is 10.6. The lowest BCUT2D eigenvalue weighted by atomic mass is 10.1. The van der Waals surface area contributed by atoms with Crippen LogP contribution in [0.1, 0.15) is 38.3 Å². The summed E-state index contributed by atoms with van der Waals surface area (Å²) >= 11 is 19.6. The van der Waals surface area contributed by atoms with Gasteiger partial charge in [-0.25, -0.2) is 4.39 Å². The van der Waals surface area contributed by atoms with Gasteiger partial charge in [0.2, 0.25) is 11.8 Å². The molecule has 4 nitrogen and oxygen atoms in total. The molecular formula is C23H26Cl3FN2O2S. The van der Waals surface area contributed by atoms with Crippen LogP contribution >= 0.6 is 46.6 Å². The number of nitrogens with one attached hydrogen (secondary N) is 1. The van der Waals surface area contributed by atoms with Crippen molar-refractivity contribution in [2.24, 2.45) is 0 Å². The molecule has 2 amide bonds. The van der Waals surface area contributed by atoms with Crippen LogP contribution in [-0.4, -0.2) is 34.6 Å². The number of amides is 2. The van der Waals surface area contributed by atoms with E-state index in [1.807, 2.05) is 13.8 Å². The van der Waals surface area contributed by atoms with Crippen LogP contribution < -0.4 is 5.32 Å². The normalized spacial score (nSPS) is 12.8. The van der Waals surface area contributed by atoms with Crippen LogP contribution in [0.15, 0.2) is 36.4 Å². The third-order valence-electron chi connectivity index (χ3n) is 5.06. The summed E-state index contributed by atoms with van der Waals surface area (Å²) in [7, 11) is 0. The second kappa shape index (κ2) is 12.7. The highest BCUT2D eigenvalue weighted by Crippen LogP contribution is 2.26. The first-order chi connectivity index (χ1) is 15.1. The summed E-state index contributed by atoms with van der Waals surface area (Å²) in [6, 6.07) is 8.75. The van der Waals surface area contributed by atoms with Crippen LogP contribution in [0.3, 0.4) is 0 Å². The van der Waals surface area contributed by atoms with E-state index in [4.69, 9.17) is 34.8 Å². The smallest absolute Gasteiger partial charge is 0.242 e. The lowest BCUT2D eigenvalue weighted by Gasteiger charge is -2.30. The molecule has 2 rings (SSSR count). The predicted molar refractivity (Wildman–Crippen MR) is 132 cm³/mol. The zero-order chi connectivity index (χ0) is 23.8. The van der Waals surface area contributed by atoms with Gasteiger partial charge < -0.3 is 10.2 Å². The predicted octanol–water partition coefficient (Wildman–Crippen LogP) is 6.35. The quantitative estimate of drug-likeness (QED) is 0.398. The molecule has 32 heavy (non-hydrogen) atoms.